The third kappa shape index (κ3) is 4.75. The van der Waals surface area contributed by atoms with Crippen LogP contribution in [0.25, 0.3) is 6.08 Å². The number of aliphatic hydroxyl groups is 2. The van der Waals surface area contributed by atoms with E-state index in [4.69, 9.17) is 16.7 Å². The molecule has 1 aliphatic carbocycles. The number of hydrogen-bond acceptors (Lipinski definition) is 5. The zero-order valence-electron chi connectivity index (χ0n) is 18.3. The van der Waals surface area contributed by atoms with Gasteiger partial charge in [-0.2, -0.15) is 0 Å². The van der Waals surface area contributed by atoms with E-state index in [1.54, 1.807) is 24.3 Å². The first-order valence-corrected chi connectivity index (χ1v) is 11.3. The molecule has 1 fully saturated rings. The number of aryl methyl sites for hydroxylation is 1. The number of Topliss-reactive ketones (excluding diaryl/α,β-unsaturated/α-hetero) is 1. The van der Waals surface area contributed by atoms with Crippen molar-refractivity contribution in [1.82, 2.24) is 5.32 Å². The predicted molar refractivity (Wildman–Crippen MR) is 125 cm³/mol. The van der Waals surface area contributed by atoms with Gasteiger partial charge in [0.15, 0.2) is 5.78 Å². The van der Waals surface area contributed by atoms with E-state index in [0.29, 0.717) is 23.2 Å². The predicted octanol–water partition coefficient (Wildman–Crippen LogP) is 2.20. The van der Waals surface area contributed by atoms with Crippen LogP contribution < -0.4 is 10.2 Å². The molecule has 1 heterocycles. The van der Waals surface area contributed by atoms with Crippen LogP contribution in [0.2, 0.25) is 5.02 Å². The van der Waals surface area contributed by atoms with Gasteiger partial charge in [-0.3, -0.25) is 14.4 Å². The standard InChI is InChI=1S/C25H24ClFN2O5/c26-19-9-15(10-20(27)14-19)1-4-22(31)25(34)5-7-29(24(25)33)21-3-2-16-11-18(12-17(16)13-21)23(32)28-6-8-30/h2-3,9-10,12-14,30,34H,1,4-8,11H2,(H,28,32)/t25-/m0/s1. The molecule has 9 heteroatoms. The smallest absolute Gasteiger partial charge is 0.266 e. The van der Waals surface area contributed by atoms with E-state index in [0.717, 1.165) is 17.2 Å². The van der Waals surface area contributed by atoms with Gasteiger partial charge < -0.3 is 20.4 Å². The number of anilines is 1. The molecule has 178 valence electrons. The number of nitrogens with one attached hydrogen (secondary N) is 1. The Kier molecular flexibility index (Phi) is 6.84. The number of hydrogen-bond donors (Lipinski definition) is 3. The van der Waals surface area contributed by atoms with Gasteiger partial charge in [0.05, 0.1) is 6.61 Å². The van der Waals surface area contributed by atoms with Crippen molar-refractivity contribution >= 4 is 41.0 Å². The second-order valence-electron chi connectivity index (χ2n) is 8.48. The van der Waals surface area contributed by atoms with Crippen LogP contribution in [0.15, 0.2) is 42.0 Å². The molecular formula is C25H24ClFN2O5. The Bertz CT molecular complexity index is 1180. The zero-order valence-corrected chi connectivity index (χ0v) is 19.1. The maximum atomic E-state index is 13.5. The third-order valence-electron chi connectivity index (χ3n) is 6.16. The zero-order chi connectivity index (χ0) is 24.5. The summed E-state index contributed by atoms with van der Waals surface area (Å²) in [7, 11) is 0. The SMILES string of the molecule is O=C(NCCO)C1=Cc2cc(N3CC[C@](O)(C(=O)CCc4cc(F)cc(Cl)c4)C3=O)ccc2C1. The summed E-state index contributed by atoms with van der Waals surface area (Å²) in [5.41, 5.74) is 1.15. The maximum Gasteiger partial charge on any atom is 0.266 e. The summed E-state index contributed by atoms with van der Waals surface area (Å²) in [5.74, 6) is -2.10. The lowest BCUT2D eigenvalue weighted by atomic mass is 9.92. The van der Waals surface area contributed by atoms with Crippen molar-refractivity contribution in [3.8, 4) is 0 Å². The molecule has 2 amide bonds. The van der Waals surface area contributed by atoms with E-state index in [9.17, 15) is 23.9 Å². The molecule has 0 spiro atoms. The van der Waals surface area contributed by atoms with Crippen molar-refractivity contribution in [3.63, 3.8) is 0 Å². The first-order valence-electron chi connectivity index (χ1n) is 11.0. The van der Waals surface area contributed by atoms with Crippen molar-refractivity contribution in [1.29, 1.82) is 0 Å². The second kappa shape index (κ2) is 9.66. The number of ketones is 1. The Hall–Kier alpha value is -3.07. The van der Waals surface area contributed by atoms with E-state index < -0.39 is 23.1 Å². The maximum absolute atomic E-state index is 13.5. The lowest BCUT2D eigenvalue weighted by Crippen LogP contribution is -2.47. The number of fused-ring (bicyclic) bond motifs is 1. The van der Waals surface area contributed by atoms with Crippen LogP contribution in [-0.4, -0.2) is 53.1 Å². The van der Waals surface area contributed by atoms with Gasteiger partial charge in [-0.05, 0) is 59.5 Å². The highest BCUT2D eigenvalue weighted by molar-refractivity contribution is 6.30. The molecule has 7 nitrogen and oxygen atoms in total. The quantitative estimate of drug-likeness (QED) is 0.496. The largest absolute Gasteiger partial charge is 0.395 e. The summed E-state index contributed by atoms with van der Waals surface area (Å²) in [6.45, 7) is 0.183. The molecule has 2 aliphatic rings. The lowest BCUT2D eigenvalue weighted by molar-refractivity contribution is -0.147. The van der Waals surface area contributed by atoms with E-state index >= 15 is 0 Å². The van der Waals surface area contributed by atoms with Gasteiger partial charge in [-0.25, -0.2) is 4.39 Å². The van der Waals surface area contributed by atoms with Crippen molar-refractivity contribution in [2.24, 2.45) is 0 Å². The van der Waals surface area contributed by atoms with Gasteiger partial charge in [-0.1, -0.05) is 17.7 Å². The molecule has 3 N–H and O–H groups in total. The van der Waals surface area contributed by atoms with Crippen LogP contribution in [-0.2, 0) is 27.2 Å². The summed E-state index contributed by atoms with van der Waals surface area (Å²) in [6.07, 6.45) is 2.14. The summed E-state index contributed by atoms with van der Waals surface area (Å²) in [5, 5.41) is 22.6. The Labute approximate surface area is 200 Å². The van der Waals surface area contributed by atoms with Crippen molar-refractivity contribution < 1.29 is 29.0 Å². The van der Waals surface area contributed by atoms with Crippen LogP contribution in [0.5, 0.6) is 0 Å². The van der Waals surface area contributed by atoms with Crippen molar-refractivity contribution in [3.05, 3.63) is 69.5 Å². The number of amides is 2. The van der Waals surface area contributed by atoms with Crippen LogP contribution in [0.4, 0.5) is 10.1 Å². The number of benzene rings is 2. The fourth-order valence-electron chi connectivity index (χ4n) is 4.35. The summed E-state index contributed by atoms with van der Waals surface area (Å²) >= 11 is 5.85. The Balaban J connectivity index is 1.45. The molecular weight excluding hydrogens is 463 g/mol. The minimum Gasteiger partial charge on any atom is -0.395 e. The van der Waals surface area contributed by atoms with Gasteiger partial charge in [0.1, 0.15) is 5.82 Å². The minimum absolute atomic E-state index is 0.0453. The Morgan fingerprint density at radius 1 is 1.21 bits per heavy atom. The van der Waals surface area contributed by atoms with Gasteiger partial charge in [-0.15, -0.1) is 0 Å². The van der Waals surface area contributed by atoms with E-state index in [1.807, 2.05) is 6.07 Å². The fourth-order valence-corrected chi connectivity index (χ4v) is 4.59. The molecule has 0 bridgehead atoms. The molecule has 4 rings (SSSR count). The molecule has 2 aromatic rings. The van der Waals surface area contributed by atoms with Gasteiger partial charge in [0.25, 0.3) is 5.91 Å². The number of rotatable bonds is 8. The first-order chi connectivity index (χ1) is 16.2. The summed E-state index contributed by atoms with van der Waals surface area (Å²) in [4.78, 5) is 39.4. The average Bonchev–Trinajstić information content (AvgIpc) is 3.36. The number of carbonyl (C=O) groups is 3. The second-order valence-corrected chi connectivity index (χ2v) is 8.91. The van der Waals surface area contributed by atoms with Gasteiger partial charge >= 0.3 is 0 Å². The number of aliphatic hydroxyl groups excluding tert-OH is 1. The normalized spacial score (nSPS) is 19.2. The van der Waals surface area contributed by atoms with Crippen molar-refractivity contribution in [2.45, 2.75) is 31.3 Å². The molecule has 34 heavy (non-hydrogen) atoms. The number of nitrogens with zero attached hydrogens (tertiary/aromatic N) is 1. The molecule has 1 atom stereocenters. The molecule has 0 radical (unpaired) electrons. The summed E-state index contributed by atoms with van der Waals surface area (Å²) < 4.78 is 13.5. The van der Waals surface area contributed by atoms with Crippen LogP contribution in [0, 0.1) is 5.82 Å². The van der Waals surface area contributed by atoms with E-state index in [1.165, 1.54) is 11.0 Å². The molecule has 1 aliphatic heterocycles. The van der Waals surface area contributed by atoms with Gasteiger partial charge in [0.2, 0.25) is 11.5 Å². The lowest BCUT2D eigenvalue weighted by Gasteiger charge is -2.22. The highest BCUT2D eigenvalue weighted by atomic mass is 35.5. The number of halogens is 2. The fraction of sp³-hybridized carbons (Fsp3) is 0.320. The topological polar surface area (TPSA) is 107 Å². The van der Waals surface area contributed by atoms with Crippen LogP contribution in [0.3, 0.4) is 0 Å². The molecule has 0 saturated carbocycles. The summed E-state index contributed by atoms with van der Waals surface area (Å²) in [6, 6.07) is 9.26. The highest BCUT2D eigenvalue weighted by Crippen LogP contribution is 2.34. The third-order valence-corrected chi connectivity index (χ3v) is 6.38. The van der Waals surface area contributed by atoms with Crippen LogP contribution in [0.1, 0.15) is 29.5 Å². The monoisotopic (exact) mass is 486 g/mol. The van der Waals surface area contributed by atoms with E-state index in [-0.39, 0.29) is 49.9 Å². The van der Waals surface area contributed by atoms with Crippen LogP contribution >= 0.6 is 11.6 Å². The minimum atomic E-state index is -2.14. The molecule has 2 aromatic carbocycles. The van der Waals surface area contributed by atoms with E-state index in [2.05, 4.69) is 5.32 Å². The van der Waals surface area contributed by atoms with Gasteiger partial charge in [0, 0.05) is 48.6 Å². The van der Waals surface area contributed by atoms with Crippen molar-refractivity contribution in [2.75, 3.05) is 24.6 Å². The molecule has 1 saturated heterocycles. The highest BCUT2D eigenvalue weighted by Gasteiger charge is 2.50. The Morgan fingerprint density at radius 2 is 2.00 bits per heavy atom. The molecule has 0 aromatic heterocycles. The first kappa shape index (κ1) is 24.1. The number of carbonyl (C=O) groups excluding carboxylic acids is 3. The average molecular weight is 487 g/mol. The molecule has 0 unspecified atom stereocenters. The Morgan fingerprint density at radius 3 is 2.74 bits per heavy atom.